The number of esters is 1. The zero-order valence-electron chi connectivity index (χ0n) is 13.9. The Morgan fingerprint density at radius 2 is 2.08 bits per heavy atom. The van der Waals surface area contributed by atoms with Gasteiger partial charge in [0.15, 0.2) is 0 Å². The zero-order valence-corrected chi connectivity index (χ0v) is 14.7. The summed E-state index contributed by atoms with van der Waals surface area (Å²) in [5, 5.41) is 0. The van der Waals surface area contributed by atoms with Crippen molar-refractivity contribution in [1.29, 1.82) is 0 Å². The first-order valence-electron chi connectivity index (χ1n) is 7.78. The van der Waals surface area contributed by atoms with Gasteiger partial charge < -0.3 is 9.64 Å². The molecule has 8 heteroatoms. The van der Waals surface area contributed by atoms with E-state index in [2.05, 4.69) is 4.74 Å². The Morgan fingerprint density at radius 3 is 2.71 bits per heavy atom. The maximum Gasteiger partial charge on any atom is 0.305 e. The van der Waals surface area contributed by atoms with E-state index >= 15 is 0 Å². The number of amides is 1. The van der Waals surface area contributed by atoms with Crippen LogP contribution in [0.25, 0.3) is 0 Å². The molecular weight excluding hydrogens is 332 g/mol. The van der Waals surface area contributed by atoms with E-state index in [4.69, 9.17) is 0 Å². The van der Waals surface area contributed by atoms with Gasteiger partial charge in [0.2, 0.25) is 10.0 Å². The molecule has 132 valence electrons. The van der Waals surface area contributed by atoms with E-state index in [1.54, 1.807) is 31.3 Å². The Bertz CT molecular complexity index is 717. The van der Waals surface area contributed by atoms with Gasteiger partial charge in [0.05, 0.1) is 18.6 Å². The van der Waals surface area contributed by atoms with Crippen LogP contribution in [0.5, 0.6) is 0 Å². The Balaban J connectivity index is 2.05. The van der Waals surface area contributed by atoms with Crippen LogP contribution in [0, 0.1) is 0 Å². The van der Waals surface area contributed by atoms with Crippen LogP contribution in [-0.2, 0) is 19.6 Å². The van der Waals surface area contributed by atoms with Crippen molar-refractivity contribution in [1.82, 2.24) is 4.90 Å². The van der Waals surface area contributed by atoms with E-state index < -0.39 is 10.0 Å². The molecule has 2 rings (SSSR count). The van der Waals surface area contributed by atoms with E-state index in [9.17, 15) is 18.0 Å². The van der Waals surface area contributed by atoms with Crippen molar-refractivity contribution in [2.45, 2.75) is 19.3 Å². The summed E-state index contributed by atoms with van der Waals surface area (Å²) in [5.74, 6) is -0.381. The lowest BCUT2D eigenvalue weighted by molar-refractivity contribution is -0.140. The third-order valence-electron chi connectivity index (χ3n) is 3.93. The number of sulfonamides is 1. The summed E-state index contributed by atoms with van der Waals surface area (Å²) in [4.78, 5) is 25.1. The van der Waals surface area contributed by atoms with Crippen LogP contribution in [0.3, 0.4) is 0 Å². The molecule has 0 bridgehead atoms. The summed E-state index contributed by atoms with van der Waals surface area (Å²) in [6, 6.07) is 6.63. The van der Waals surface area contributed by atoms with E-state index in [1.165, 1.54) is 16.3 Å². The Kier molecular flexibility index (Phi) is 5.82. The first-order chi connectivity index (χ1) is 11.3. The third-order valence-corrected chi connectivity index (χ3v) is 5.80. The number of hydrogen-bond acceptors (Lipinski definition) is 5. The van der Waals surface area contributed by atoms with Gasteiger partial charge in [0, 0.05) is 32.1 Å². The number of benzene rings is 1. The Hall–Kier alpha value is -2.09. The Morgan fingerprint density at radius 1 is 1.33 bits per heavy atom. The fraction of sp³-hybridized carbons (Fsp3) is 0.500. The molecule has 0 aliphatic carbocycles. The van der Waals surface area contributed by atoms with E-state index in [0.29, 0.717) is 37.2 Å². The molecule has 1 aromatic rings. The van der Waals surface area contributed by atoms with Gasteiger partial charge in [0.1, 0.15) is 0 Å². The molecule has 7 nitrogen and oxygen atoms in total. The van der Waals surface area contributed by atoms with Crippen LogP contribution in [0.4, 0.5) is 5.69 Å². The summed E-state index contributed by atoms with van der Waals surface area (Å²) < 4.78 is 29.9. The monoisotopic (exact) mass is 354 g/mol. The summed E-state index contributed by atoms with van der Waals surface area (Å²) in [6.45, 7) is 0.856. The van der Waals surface area contributed by atoms with Gasteiger partial charge in [-0.15, -0.1) is 0 Å². The number of carbonyl (C=O) groups is 2. The quantitative estimate of drug-likeness (QED) is 0.718. The summed E-state index contributed by atoms with van der Waals surface area (Å²) in [5.41, 5.74) is 0.941. The van der Waals surface area contributed by atoms with Gasteiger partial charge in [-0.05, 0) is 31.0 Å². The molecule has 1 saturated heterocycles. The molecule has 0 aromatic heterocycles. The highest BCUT2D eigenvalue weighted by Crippen LogP contribution is 2.25. The van der Waals surface area contributed by atoms with E-state index in [1.807, 2.05) is 0 Å². The fourth-order valence-corrected chi connectivity index (χ4v) is 4.16. The highest BCUT2D eigenvalue weighted by molar-refractivity contribution is 7.93. The number of methoxy groups -OCH3 is 1. The number of anilines is 1. The van der Waals surface area contributed by atoms with Crippen molar-refractivity contribution in [3.63, 3.8) is 0 Å². The molecular formula is C16H22N2O5S. The van der Waals surface area contributed by atoms with Crippen molar-refractivity contribution < 1.29 is 22.7 Å². The van der Waals surface area contributed by atoms with Crippen LogP contribution in [-0.4, -0.2) is 58.2 Å². The van der Waals surface area contributed by atoms with Crippen molar-refractivity contribution in [3.05, 3.63) is 29.8 Å². The minimum absolute atomic E-state index is 0.138. The highest BCUT2D eigenvalue weighted by Gasteiger charge is 2.28. The number of ether oxygens (including phenoxy) is 1. The zero-order chi connectivity index (χ0) is 17.7. The van der Waals surface area contributed by atoms with Crippen LogP contribution < -0.4 is 4.31 Å². The fourth-order valence-electron chi connectivity index (χ4n) is 2.61. The highest BCUT2D eigenvalue weighted by atomic mass is 32.2. The average Bonchev–Trinajstić information content (AvgIpc) is 2.93. The number of hydrogen-bond donors (Lipinski definition) is 0. The second-order valence-electron chi connectivity index (χ2n) is 5.70. The van der Waals surface area contributed by atoms with Crippen LogP contribution in [0.1, 0.15) is 29.6 Å². The largest absolute Gasteiger partial charge is 0.469 e. The Labute approximate surface area is 142 Å². The van der Waals surface area contributed by atoms with Crippen LogP contribution >= 0.6 is 0 Å². The number of nitrogens with zero attached hydrogens (tertiary/aromatic N) is 2. The lowest BCUT2D eigenvalue weighted by Gasteiger charge is -2.20. The predicted octanol–water partition coefficient (Wildman–Crippen LogP) is 1.25. The second-order valence-corrected chi connectivity index (χ2v) is 7.71. The standard InChI is InChI=1S/C16H22N2O5S/c1-17(9-4-8-15(19)23-2)16(20)13-6-3-7-14(12-13)18-10-5-11-24(18,21)22/h3,6-7,12H,4-5,8-11H2,1-2H3. The molecule has 0 saturated carbocycles. The summed E-state index contributed by atoms with van der Waals surface area (Å²) in [6.07, 6.45) is 1.35. The van der Waals surface area contributed by atoms with Gasteiger partial charge in [0.25, 0.3) is 5.91 Å². The van der Waals surface area contributed by atoms with Crippen molar-refractivity contribution in [3.8, 4) is 0 Å². The molecule has 24 heavy (non-hydrogen) atoms. The van der Waals surface area contributed by atoms with Crippen molar-refractivity contribution in [2.24, 2.45) is 0 Å². The average molecular weight is 354 g/mol. The SMILES string of the molecule is COC(=O)CCCN(C)C(=O)c1cccc(N2CCCS2(=O)=O)c1. The predicted molar refractivity (Wildman–Crippen MR) is 90.4 cm³/mol. The normalized spacial score (nSPS) is 16.0. The molecule has 0 atom stereocenters. The molecule has 0 N–H and O–H groups in total. The number of carbonyl (C=O) groups excluding carboxylic acids is 2. The minimum Gasteiger partial charge on any atom is -0.469 e. The van der Waals surface area contributed by atoms with Gasteiger partial charge >= 0.3 is 5.97 Å². The van der Waals surface area contributed by atoms with Crippen LogP contribution in [0.2, 0.25) is 0 Å². The molecule has 1 amide bonds. The van der Waals surface area contributed by atoms with Crippen LogP contribution in [0.15, 0.2) is 24.3 Å². The molecule has 1 heterocycles. The smallest absolute Gasteiger partial charge is 0.305 e. The van der Waals surface area contributed by atoms with Crippen molar-refractivity contribution in [2.75, 3.05) is 37.3 Å². The summed E-state index contributed by atoms with van der Waals surface area (Å²) >= 11 is 0. The topological polar surface area (TPSA) is 84.0 Å². The van der Waals surface area contributed by atoms with Gasteiger partial charge in [-0.25, -0.2) is 8.42 Å². The van der Waals surface area contributed by atoms with E-state index in [0.717, 1.165) is 0 Å². The van der Waals surface area contributed by atoms with E-state index in [-0.39, 0.29) is 24.1 Å². The molecule has 1 aromatic carbocycles. The molecule has 1 aliphatic heterocycles. The first-order valence-corrected chi connectivity index (χ1v) is 9.39. The molecule has 0 unspecified atom stereocenters. The van der Waals surface area contributed by atoms with Gasteiger partial charge in [-0.2, -0.15) is 0 Å². The van der Waals surface area contributed by atoms with Gasteiger partial charge in [-0.1, -0.05) is 6.07 Å². The second kappa shape index (κ2) is 7.65. The maximum absolute atomic E-state index is 12.5. The molecule has 0 radical (unpaired) electrons. The first kappa shape index (κ1) is 18.3. The maximum atomic E-state index is 12.5. The lowest BCUT2D eigenvalue weighted by Crippen LogP contribution is -2.29. The third kappa shape index (κ3) is 4.25. The van der Waals surface area contributed by atoms with Gasteiger partial charge in [-0.3, -0.25) is 13.9 Å². The molecule has 1 fully saturated rings. The molecule has 1 aliphatic rings. The summed E-state index contributed by atoms with van der Waals surface area (Å²) in [7, 11) is -0.292. The van der Waals surface area contributed by atoms with Crippen molar-refractivity contribution >= 4 is 27.6 Å². The molecule has 0 spiro atoms. The number of rotatable bonds is 6. The lowest BCUT2D eigenvalue weighted by atomic mass is 10.1. The minimum atomic E-state index is -3.27.